The molecule has 1 saturated heterocycles. The van der Waals surface area contributed by atoms with Crippen LogP contribution in [0.1, 0.15) is 66.7 Å². The van der Waals surface area contributed by atoms with Gasteiger partial charge in [-0.25, -0.2) is 9.67 Å². The molecule has 6 nitrogen and oxygen atoms in total. The fourth-order valence-electron chi connectivity index (χ4n) is 4.16. The van der Waals surface area contributed by atoms with Gasteiger partial charge in [-0.15, -0.1) is 11.3 Å². The average Bonchev–Trinajstić information content (AvgIpc) is 2.91. The van der Waals surface area contributed by atoms with E-state index in [0.717, 1.165) is 37.1 Å². The lowest BCUT2D eigenvalue weighted by molar-refractivity contribution is 0.0635. The smallest absolute Gasteiger partial charge is 0.277 e. The van der Waals surface area contributed by atoms with E-state index in [4.69, 9.17) is 0 Å². The Morgan fingerprint density at radius 2 is 1.83 bits per heavy atom. The van der Waals surface area contributed by atoms with Gasteiger partial charge in [0.05, 0.1) is 17.0 Å². The summed E-state index contributed by atoms with van der Waals surface area (Å²) in [6.07, 6.45) is 3.23. The van der Waals surface area contributed by atoms with Gasteiger partial charge in [0.15, 0.2) is 0 Å². The number of thiazole rings is 1. The maximum Gasteiger partial charge on any atom is 0.277 e. The Morgan fingerprint density at radius 1 is 1.14 bits per heavy atom. The van der Waals surface area contributed by atoms with Crippen LogP contribution in [0.15, 0.2) is 4.79 Å². The summed E-state index contributed by atoms with van der Waals surface area (Å²) < 4.78 is 1.35. The number of hydrogen-bond acceptors (Lipinski definition) is 5. The number of amides is 1. The molecule has 0 radical (unpaired) electrons. The zero-order valence-corrected chi connectivity index (χ0v) is 19.4. The SMILES string of the molecule is Cc1nc(-c2c(C)c(C)nn(C)c2=O)sc1C(=O)N1CCC(C)CCC1C(C)C. The molecular weight excluding hydrogens is 384 g/mol. The lowest BCUT2D eigenvalue weighted by atomic mass is 9.95. The summed E-state index contributed by atoms with van der Waals surface area (Å²) in [6, 6.07) is 0.246. The minimum absolute atomic E-state index is 0.0549. The van der Waals surface area contributed by atoms with Crippen LogP contribution in [0.25, 0.3) is 10.6 Å². The van der Waals surface area contributed by atoms with Crippen LogP contribution in [0.4, 0.5) is 0 Å². The number of carbonyl (C=O) groups is 1. The molecule has 0 aromatic carbocycles. The second kappa shape index (κ2) is 8.38. The number of rotatable bonds is 3. The monoisotopic (exact) mass is 416 g/mol. The Balaban J connectivity index is 2.03. The second-order valence-electron chi connectivity index (χ2n) is 8.73. The van der Waals surface area contributed by atoms with Crippen molar-refractivity contribution < 1.29 is 4.79 Å². The normalized spacial score (nSPS) is 20.2. The fraction of sp³-hybridized carbons (Fsp3) is 0.636. The maximum atomic E-state index is 13.5. The molecule has 0 aliphatic carbocycles. The summed E-state index contributed by atoms with van der Waals surface area (Å²) in [7, 11) is 1.65. The zero-order valence-electron chi connectivity index (χ0n) is 18.6. The van der Waals surface area contributed by atoms with Crippen LogP contribution in [0.5, 0.6) is 0 Å². The van der Waals surface area contributed by atoms with Crippen LogP contribution in [-0.2, 0) is 7.05 Å². The van der Waals surface area contributed by atoms with E-state index in [1.807, 2.05) is 20.8 Å². The van der Waals surface area contributed by atoms with Crippen molar-refractivity contribution >= 4 is 17.2 Å². The highest BCUT2D eigenvalue weighted by atomic mass is 32.1. The van der Waals surface area contributed by atoms with Gasteiger partial charge in [0.25, 0.3) is 11.5 Å². The molecule has 0 spiro atoms. The Hall–Kier alpha value is -2.02. The predicted octanol–water partition coefficient (Wildman–Crippen LogP) is 4.12. The molecule has 0 saturated carbocycles. The molecular formula is C22H32N4O2S. The number of aromatic nitrogens is 3. The van der Waals surface area contributed by atoms with E-state index in [0.29, 0.717) is 33.0 Å². The standard InChI is InChI=1S/C22H32N4O2S/c1-12(2)17-9-8-13(3)10-11-26(17)22(28)19-16(6)23-20(29-19)18-14(4)15(5)24-25(7)21(18)27/h12-13,17H,8-11H2,1-7H3. The van der Waals surface area contributed by atoms with Gasteiger partial charge < -0.3 is 4.90 Å². The molecule has 7 heteroatoms. The Labute approximate surface area is 177 Å². The molecule has 2 atom stereocenters. The first-order valence-corrected chi connectivity index (χ1v) is 11.3. The van der Waals surface area contributed by atoms with E-state index < -0.39 is 0 Å². The van der Waals surface area contributed by atoms with Crippen molar-refractivity contribution in [1.82, 2.24) is 19.7 Å². The molecule has 1 amide bonds. The fourth-order valence-corrected chi connectivity index (χ4v) is 5.28. The van der Waals surface area contributed by atoms with Gasteiger partial charge in [0.1, 0.15) is 9.88 Å². The van der Waals surface area contributed by atoms with E-state index in [9.17, 15) is 9.59 Å². The highest BCUT2D eigenvalue weighted by molar-refractivity contribution is 7.17. The van der Waals surface area contributed by atoms with E-state index in [1.165, 1.54) is 16.0 Å². The van der Waals surface area contributed by atoms with Crippen molar-refractivity contribution in [3.63, 3.8) is 0 Å². The van der Waals surface area contributed by atoms with Crippen molar-refractivity contribution in [2.45, 2.75) is 66.8 Å². The number of nitrogens with zero attached hydrogens (tertiary/aromatic N) is 4. The highest BCUT2D eigenvalue weighted by Gasteiger charge is 2.32. The molecule has 0 N–H and O–H groups in total. The first-order chi connectivity index (χ1) is 13.6. The van der Waals surface area contributed by atoms with Gasteiger partial charge in [-0.05, 0) is 57.4 Å². The number of aryl methyl sites for hydroxylation is 3. The highest BCUT2D eigenvalue weighted by Crippen LogP contribution is 2.32. The lowest BCUT2D eigenvalue weighted by Gasteiger charge is -2.32. The van der Waals surface area contributed by atoms with Gasteiger partial charge in [-0.3, -0.25) is 9.59 Å². The molecule has 158 valence electrons. The van der Waals surface area contributed by atoms with Crippen LogP contribution >= 0.6 is 11.3 Å². The molecule has 0 bridgehead atoms. The van der Waals surface area contributed by atoms with Crippen molar-refractivity contribution in [3.05, 3.63) is 32.2 Å². The summed E-state index contributed by atoms with van der Waals surface area (Å²) >= 11 is 1.34. The van der Waals surface area contributed by atoms with Gasteiger partial charge in [-0.2, -0.15) is 5.10 Å². The first-order valence-electron chi connectivity index (χ1n) is 10.4. The summed E-state index contributed by atoms with van der Waals surface area (Å²) in [5.74, 6) is 1.10. The van der Waals surface area contributed by atoms with Crippen molar-refractivity contribution in [2.24, 2.45) is 18.9 Å². The molecule has 29 heavy (non-hydrogen) atoms. The largest absolute Gasteiger partial charge is 0.335 e. The minimum atomic E-state index is -0.176. The lowest BCUT2D eigenvalue weighted by Crippen LogP contribution is -2.42. The van der Waals surface area contributed by atoms with Crippen molar-refractivity contribution in [1.29, 1.82) is 0 Å². The molecule has 2 aromatic rings. The molecule has 3 rings (SSSR count). The predicted molar refractivity (Wildman–Crippen MR) is 117 cm³/mol. The third-order valence-corrected chi connectivity index (χ3v) is 7.34. The molecule has 1 aliphatic rings. The van der Waals surface area contributed by atoms with Gasteiger partial charge in [-0.1, -0.05) is 20.8 Å². The topological polar surface area (TPSA) is 68.1 Å². The molecule has 3 heterocycles. The van der Waals surface area contributed by atoms with Gasteiger partial charge in [0, 0.05) is 19.6 Å². The summed E-state index contributed by atoms with van der Waals surface area (Å²) in [4.78, 5) is 33.6. The van der Waals surface area contributed by atoms with Crippen LogP contribution in [-0.4, -0.2) is 38.2 Å². The first kappa shape index (κ1) is 21.7. The Bertz CT molecular complexity index is 976. The Kier molecular flexibility index (Phi) is 6.27. The minimum Gasteiger partial charge on any atom is -0.335 e. The third-order valence-electron chi connectivity index (χ3n) is 6.18. The number of likely N-dealkylation sites (tertiary alicyclic amines) is 1. The maximum absolute atomic E-state index is 13.5. The Morgan fingerprint density at radius 3 is 2.48 bits per heavy atom. The van der Waals surface area contributed by atoms with E-state index >= 15 is 0 Å². The van der Waals surface area contributed by atoms with Crippen LogP contribution in [0.2, 0.25) is 0 Å². The quantitative estimate of drug-likeness (QED) is 0.755. The third kappa shape index (κ3) is 4.15. The van der Waals surface area contributed by atoms with Gasteiger partial charge >= 0.3 is 0 Å². The summed E-state index contributed by atoms with van der Waals surface area (Å²) in [5.41, 5.74) is 2.70. The molecule has 2 aromatic heterocycles. The van der Waals surface area contributed by atoms with Crippen LogP contribution in [0, 0.1) is 32.6 Å². The van der Waals surface area contributed by atoms with Crippen LogP contribution < -0.4 is 5.56 Å². The zero-order chi connectivity index (χ0) is 21.5. The molecule has 2 unspecified atom stereocenters. The van der Waals surface area contributed by atoms with E-state index in [-0.39, 0.29) is 17.5 Å². The second-order valence-corrected chi connectivity index (χ2v) is 9.73. The van der Waals surface area contributed by atoms with Crippen LogP contribution in [0.3, 0.4) is 0 Å². The van der Waals surface area contributed by atoms with E-state index in [1.54, 1.807) is 7.05 Å². The van der Waals surface area contributed by atoms with Crippen molar-refractivity contribution in [3.8, 4) is 10.6 Å². The number of carbonyl (C=O) groups excluding carboxylic acids is 1. The summed E-state index contributed by atoms with van der Waals surface area (Å²) in [6.45, 7) is 13.1. The molecule has 1 aliphatic heterocycles. The summed E-state index contributed by atoms with van der Waals surface area (Å²) in [5, 5.41) is 4.86. The number of hydrogen-bond donors (Lipinski definition) is 0. The molecule has 1 fully saturated rings. The van der Waals surface area contributed by atoms with Crippen molar-refractivity contribution in [2.75, 3.05) is 6.54 Å². The average molecular weight is 417 g/mol. The van der Waals surface area contributed by atoms with E-state index in [2.05, 4.69) is 35.8 Å². The van der Waals surface area contributed by atoms with Gasteiger partial charge in [0.2, 0.25) is 0 Å².